The van der Waals surface area contributed by atoms with E-state index in [1.807, 2.05) is 4.90 Å². The van der Waals surface area contributed by atoms with Gasteiger partial charge >= 0.3 is 0 Å². The molecule has 0 radical (unpaired) electrons. The molecule has 1 heterocycles. The minimum absolute atomic E-state index is 0.0990. The summed E-state index contributed by atoms with van der Waals surface area (Å²) in [6.45, 7) is 3.32. The zero-order valence-corrected chi connectivity index (χ0v) is 9.78. The Hall–Kier alpha value is -1.05. The normalized spacial score (nSPS) is 20.1. The van der Waals surface area contributed by atoms with Gasteiger partial charge in [-0.25, -0.2) is 0 Å². The summed E-state index contributed by atoms with van der Waals surface area (Å²) in [6, 6.07) is 0. The summed E-state index contributed by atoms with van der Waals surface area (Å²) in [6.07, 6.45) is 6.66. The van der Waals surface area contributed by atoms with Crippen molar-refractivity contribution in [2.24, 2.45) is 5.92 Å². The molecule has 4 heteroatoms. The molecule has 1 amide bonds. The Morgan fingerprint density at radius 1 is 1.50 bits per heavy atom. The Morgan fingerprint density at radius 3 is 2.94 bits per heavy atom. The van der Waals surface area contributed by atoms with Crippen molar-refractivity contribution in [1.82, 2.24) is 4.90 Å². The van der Waals surface area contributed by atoms with Crippen LogP contribution in [0.5, 0.6) is 0 Å². The van der Waals surface area contributed by atoms with Gasteiger partial charge in [0.05, 0.1) is 13.2 Å². The van der Waals surface area contributed by atoms with E-state index in [9.17, 15) is 4.79 Å². The zero-order valence-electron chi connectivity index (χ0n) is 9.78. The second kappa shape index (κ2) is 7.26. The number of terminal acetylenes is 1. The summed E-state index contributed by atoms with van der Waals surface area (Å²) in [5, 5.41) is 0. The quantitative estimate of drug-likeness (QED) is 0.468. The largest absolute Gasteiger partial charge is 0.382 e. The number of carbonyl (C=O) groups is 1. The summed E-state index contributed by atoms with van der Waals surface area (Å²) < 4.78 is 10.2. The molecule has 16 heavy (non-hydrogen) atoms. The van der Waals surface area contributed by atoms with Crippen molar-refractivity contribution < 1.29 is 14.3 Å². The standard InChI is InChI=1S/C12H19NO3/c1-3-11-9-12(14)13(10-11)5-4-6-16-8-7-15-2/h1,11H,4-10H2,2H3. The number of methoxy groups -OCH3 is 1. The molecule has 1 unspecified atom stereocenters. The van der Waals surface area contributed by atoms with Crippen molar-refractivity contribution in [2.75, 3.05) is 40.0 Å². The molecule has 90 valence electrons. The first-order valence-electron chi connectivity index (χ1n) is 5.58. The lowest BCUT2D eigenvalue weighted by molar-refractivity contribution is -0.127. The fourth-order valence-corrected chi connectivity index (χ4v) is 1.70. The second-order valence-corrected chi connectivity index (χ2v) is 3.87. The number of nitrogens with zero attached hydrogens (tertiary/aromatic N) is 1. The molecule has 0 aromatic carbocycles. The van der Waals surface area contributed by atoms with E-state index >= 15 is 0 Å². The summed E-state index contributed by atoms with van der Waals surface area (Å²) >= 11 is 0. The summed E-state index contributed by atoms with van der Waals surface area (Å²) in [4.78, 5) is 13.3. The maximum atomic E-state index is 11.5. The van der Waals surface area contributed by atoms with Gasteiger partial charge in [-0.2, -0.15) is 0 Å². The van der Waals surface area contributed by atoms with Gasteiger partial charge in [-0.1, -0.05) is 0 Å². The number of likely N-dealkylation sites (tertiary alicyclic amines) is 1. The van der Waals surface area contributed by atoms with Crippen molar-refractivity contribution >= 4 is 5.91 Å². The Balaban J connectivity index is 2.05. The van der Waals surface area contributed by atoms with Crippen LogP contribution in [0.15, 0.2) is 0 Å². The average molecular weight is 225 g/mol. The smallest absolute Gasteiger partial charge is 0.223 e. The Morgan fingerprint density at radius 2 is 2.31 bits per heavy atom. The van der Waals surface area contributed by atoms with Crippen LogP contribution >= 0.6 is 0 Å². The fourth-order valence-electron chi connectivity index (χ4n) is 1.70. The molecule has 0 spiro atoms. The third kappa shape index (κ3) is 4.21. The summed E-state index contributed by atoms with van der Waals surface area (Å²) in [5.41, 5.74) is 0. The number of rotatable bonds is 7. The molecule has 1 aliphatic rings. The summed E-state index contributed by atoms with van der Waals surface area (Å²) in [7, 11) is 1.65. The molecule has 1 atom stereocenters. The van der Waals surface area contributed by atoms with Crippen LogP contribution in [0.25, 0.3) is 0 Å². The van der Waals surface area contributed by atoms with Crippen LogP contribution in [0.4, 0.5) is 0 Å². The van der Waals surface area contributed by atoms with E-state index in [0.717, 1.165) is 13.0 Å². The van der Waals surface area contributed by atoms with Gasteiger partial charge < -0.3 is 14.4 Å². The maximum Gasteiger partial charge on any atom is 0.223 e. The molecule has 0 bridgehead atoms. The molecule has 0 aromatic rings. The molecular weight excluding hydrogens is 206 g/mol. The van der Waals surface area contributed by atoms with Crippen molar-refractivity contribution in [3.8, 4) is 12.3 Å². The van der Waals surface area contributed by atoms with Crippen molar-refractivity contribution in [3.05, 3.63) is 0 Å². The van der Waals surface area contributed by atoms with Crippen LogP contribution in [-0.4, -0.2) is 50.8 Å². The average Bonchev–Trinajstić information content (AvgIpc) is 2.65. The van der Waals surface area contributed by atoms with E-state index in [1.54, 1.807) is 7.11 Å². The molecule has 1 rings (SSSR count). The third-order valence-electron chi connectivity index (χ3n) is 2.60. The van der Waals surface area contributed by atoms with Crippen molar-refractivity contribution in [2.45, 2.75) is 12.8 Å². The van der Waals surface area contributed by atoms with Gasteiger partial charge in [-0.3, -0.25) is 4.79 Å². The first-order chi connectivity index (χ1) is 7.77. The van der Waals surface area contributed by atoms with Gasteiger partial charge in [0.25, 0.3) is 0 Å². The topological polar surface area (TPSA) is 38.8 Å². The van der Waals surface area contributed by atoms with Crippen LogP contribution in [0, 0.1) is 18.3 Å². The fraction of sp³-hybridized carbons (Fsp3) is 0.750. The monoisotopic (exact) mass is 225 g/mol. The van der Waals surface area contributed by atoms with Gasteiger partial charge in [-0.15, -0.1) is 12.3 Å². The molecule has 0 N–H and O–H groups in total. The van der Waals surface area contributed by atoms with E-state index in [4.69, 9.17) is 15.9 Å². The lowest BCUT2D eigenvalue weighted by Gasteiger charge is -2.15. The van der Waals surface area contributed by atoms with E-state index in [2.05, 4.69) is 5.92 Å². The van der Waals surface area contributed by atoms with Crippen LogP contribution < -0.4 is 0 Å². The highest BCUT2D eigenvalue weighted by Gasteiger charge is 2.27. The predicted molar refractivity (Wildman–Crippen MR) is 60.8 cm³/mol. The molecular formula is C12H19NO3. The first-order valence-corrected chi connectivity index (χ1v) is 5.58. The molecule has 4 nitrogen and oxygen atoms in total. The number of amides is 1. The zero-order chi connectivity index (χ0) is 11.8. The van der Waals surface area contributed by atoms with E-state index in [-0.39, 0.29) is 11.8 Å². The lowest BCUT2D eigenvalue weighted by Crippen LogP contribution is -2.27. The minimum Gasteiger partial charge on any atom is -0.382 e. The third-order valence-corrected chi connectivity index (χ3v) is 2.60. The molecule has 1 fully saturated rings. The second-order valence-electron chi connectivity index (χ2n) is 3.87. The number of hydrogen-bond donors (Lipinski definition) is 0. The van der Waals surface area contributed by atoms with Gasteiger partial charge in [-0.05, 0) is 6.42 Å². The maximum absolute atomic E-state index is 11.5. The Kier molecular flexibility index (Phi) is 5.91. The Labute approximate surface area is 96.9 Å². The van der Waals surface area contributed by atoms with Crippen molar-refractivity contribution in [1.29, 1.82) is 0 Å². The molecule has 0 aliphatic carbocycles. The molecule has 1 aliphatic heterocycles. The van der Waals surface area contributed by atoms with Crippen LogP contribution in [0.3, 0.4) is 0 Å². The number of ether oxygens (including phenoxy) is 2. The highest BCUT2D eigenvalue weighted by molar-refractivity contribution is 5.79. The number of carbonyl (C=O) groups excluding carboxylic acids is 1. The molecule has 1 saturated heterocycles. The van der Waals surface area contributed by atoms with Gasteiger partial charge in [0.2, 0.25) is 5.91 Å². The molecule has 0 aromatic heterocycles. The SMILES string of the molecule is C#CC1CC(=O)N(CCCOCCOC)C1. The van der Waals surface area contributed by atoms with Gasteiger partial charge in [0.1, 0.15) is 0 Å². The van der Waals surface area contributed by atoms with Crippen LogP contribution in [-0.2, 0) is 14.3 Å². The lowest BCUT2D eigenvalue weighted by atomic mass is 10.1. The van der Waals surface area contributed by atoms with E-state index in [1.165, 1.54) is 0 Å². The van der Waals surface area contributed by atoms with Crippen LogP contribution in [0.2, 0.25) is 0 Å². The van der Waals surface area contributed by atoms with Crippen LogP contribution in [0.1, 0.15) is 12.8 Å². The highest BCUT2D eigenvalue weighted by Crippen LogP contribution is 2.16. The highest BCUT2D eigenvalue weighted by atomic mass is 16.5. The van der Waals surface area contributed by atoms with Gasteiger partial charge in [0.15, 0.2) is 0 Å². The molecule has 0 saturated carbocycles. The van der Waals surface area contributed by atoms with E-state index < -0.39 is 0 Å². The van der Waals surface area contributed by atoms with E-state index in [0.29, 0.717) is 32.8 Å². The number of hydrogen-bond acceptors (Lipinski definition) is 3. The first kappa shape index (κ1) is 13.0. The Bertz CT molecular complexity index is 259. The minimum atomic E-state index is 0.0990. The van der Waals surface area contributed by atoms with Crippen molar-refractivity contribution in [3.63, 3.8) is 0 Å². The predicted octanol–water partition coefficient (Wildman–Crippen LogP) is 0.521. The van der Waals surface area contributed by atoms with Gasteiger partial charge in [0, 0.05) is 39.1 Å². The summed E-state index contributed by atoms with van der Waals surface area (Å²) in [5.74, 6) is 2.90.